The van der Waals surface area contributed by atoms with Gasteiger partial charge in [0, 0.05) is 34.8 Å². The summed E-state index contributed by atoms with van der Waals surface area (Å²) < 4.78 is 5.04. The van der Waals surface area contributed by atoms with E-state index in [1.165, 1.54) is 30.7 Å². The zero-order valence-corrected chi connectivity index (χ0v) is 20.4. The summed E-state index contributed by atoms with van der Waals surface area (Å²) in [4.78, 5) is 43.2. The van der Waals surface area contributed by atoms with E-state index >= 15 is 0 Å². The minimum absolute atomic E-state index is 0.0601. The summed E-state index contributed by atoms with van der Waals surface area (Å²) in [6.07, 6.45) is 1.48. The molecule has 0 aliphatic carbocycles. The molecule has 2 heterocycles. The van der Waals surface area contributed by atoms with E-state index in [4.69, 9.17) is 4.74 Å². The molecule has 0 saturated carbocycles. The summed E-state index contributed by atoms with van der Waals surface area (Å²) in [6.45, 7) is 0. The van der Waals surface area contributed by atoms with Crippen LogP contribution in [0.5, 0.6) is 11.5 Å². The van der Waals surface area contributed by atoms with Gasteiger partial charge in [-0.1, -0.05) is 18.2 Å². The van der Waals surface area contributed by atoms with Crippen molar-refractivity contribution in [2.24, 2.45) is 4.99 Å². The number of rotatable bonds is 7. The van der Waals surface area contributed by atoms with Gasteiger partial charge in [-0.15, -0.1) is 11.3 Å². The summed E-state index contributed by atoms with van der Waals surface area (Å²) >= 11 is 1.33. The van der Waals surface area contributed by atoms with E-state index in [-0.39, 0.29) is 23.3 Å². The number of thiophene rings is 1. The number of hydrogen-bond acceptors (Lipinski definition) is 7. The van der Waals surface area contributed by atoms with Crippen LogP contribution in [-0.4, -0.2) is 36.0 Å². The van der Waals surface area contributed by atoms with Gasteiger partial charge in [0.2, 0.25) is 5.91 Å². The van der Waals surface area contributed by atoms with Crippen molar-refractivity contribution in [2.75, 3.05) is 17.7 Å². The van der Waals surface area contributed by atoms with Crippen LogP contribution in [0.1, 0.15) is 37.1 Å². The molecule has 5 rings (SSSR count). The van der Waals surface area contributed by atoms with E-state index in [0.717, 1.165) is 0 Å². The summed E-state index contributed by atoms with van der Waals surface area (Å²) in [5.74, 6) is -1.20. The molecule has 0 spiro atoms. The average molecular weight is 512 g/mol. The molecule has 37 heavy (non-hydrogen) atoms. The highest BCUT2D eigenvalue weighted by Crippen LogP contribution is 2.34. The molecule has 9 heteroatoms. The fourth-order valence-corrected chi connectivity index (χ4v) is 4.62. The zero-order valence-electron chi connectivity index (χ0n) is 19.6. The zero-order chi connectivity index (χ0) is 25.9. The molecule has 184 valence electrons. The smallest absolute Gasteiger partial charge is 0.265 e. The number of ketones is 1. The van der Waals surface area contributed by atoms with Gasteiger partial charge in [-0.2, -0.15) is 0 Å². The van der Waals surface area contributed by atoms with Crippen LogP contribution in [0.2, 0.25) is 0 Å². The molecule has 3 N–H and O–H groups in total. The number of nitrogens with zero attached hydrogens (tertiary/aromatic N) is 1. The number of phenols is 1. The molecular formula is C28H21N3O5S. The molecule has 1 aliphatic heterocycles. The lowest BCUT2D eigenvalue weighted by Gasteiger charge is -2.08. The van der Waals surface area contributed by atoms with E-state index in [9.17, 15) is 19.5 Å². The Bertz CT molecular complexity index is 1550. The lowest BCUT2D eigenvalue weighted by atomic mass is 9.96. The highest BCUT2D eigenvalue weighted by atomic mass is 32.1. The maximum Gasteiger partial charge on any atom is 0.265 e. The van der Waals surface area contributed by atoms with Crippen LogP contribution in [0.3, 0.4) is 0 Å². The van der Waals surface area contributed by atoms with Crippen LogP contribution in [0.15, 0.2) is 83.2 Å². The summed E-state index contributed by atoms with van der Waals surface area (Å²) in [7, 11) is 1.45. The van der Waals surface area contributed by atoms with E-state index in [1.807, 2.05) is 5.38 Å². The number of benzene rings is 3. The Kier molecular flexibility index (Phi) is 6.53. The Hall–Kier alpha value is -4.76. The maximum absolute atomic E-state index is 13.3. The van der Waals surface area contributed by atoms with Crippen molar-refractivity contribution in [2.45, 2.75) is 5.92 Å². The SMILES string of the molecule is COc1ccc(N=CC2C(=O)Nc3ccc(C(=O)c4cccc(NC(=O)c5cccs5)c4)cc32)cc1O. The van der Waals surface area contributed by atoms with Crippen LogP contribution >= 0.6 is 11.3 Å². The summed E-state index contributed by atoms with van der Waals surface area (Å²) in [5, 5.41) is 17.4. The Labute approximate surface area is 216 Å². The fourth-order valence-electron chi connectivity index (χ4n) is 4.00. The van der Waals surface area contributed by atoms with E-state index in [2.05, 4.69) is 15.6 Å². The van der Waals surface area contributed by atoms with Crippen LogP contribution < -0.4 is 15.4 Å². The van der Waals surface area contributed by atoms with Gasteiger partial charge in [0.25, 0.3) is 5.91 Å². The van der Waals surface area contributed by atoms with Gasteiger partial charge in [0.05, 0.1) is 17.7 Å². The van der Waals surface area contributed by atoms with Gasteiger partial charge < -0.3 is 20.5 Å². The topological polar surface area (TPSA) is 117 Å². The third kappa shape index (κ3) is 4.98. The first kappa shape index (κ1) is 24.0. The minimum Gasteiger partial charge on any atom is -0.504 e. The Morgan fingerprint density at radius 2 is 1.89 bits per heavy atom. The van der Waals surface area contributed by atoms with Gasteiger partial charge >= 0.3 is 0 Å². The molecule has 0 fully saturated rings. The van der Waals surface area contributed by atoms with Crippen molar-refractivity contribution in [3.8, 4) is 11.5 Å². The molecule has 0 saturated heterocycles. The van der Waals surface area contributed by atoms with Crippen molar-refractivity contribution < 1.29 is 24.2 Å². The van der Waals surface area contributed by atoms with Crippen molar-refractivity contribution in [1.29, 1.82) is 0 Å². The first-order chi connectivity index (χ1) is 17.9. The van der Waals surface area contributed by atoms with Crippen LogP contribution in [0.25, 0.3) is 0 Å². The second-order valence-corrected chi connectivity index (χ2v) is 9.19. The van der Waals surface area contributed by atoms with E-state index in [0.29, 0.717) is 44.4 Å². The number of phenolic OH excluding ortho intramolecular Hbond substituents is 1. The monoisotopic (exact) mass is 511 g/mol. The highest BCUT2D eigenvalue weighted by Gasteiger charge is 2.30. The summed E-state index contributed by atoms with van der Waals surface area (Å²) in [5.41, 5.74) is 2.99. The molecule has 1 aliphatic rings. The van der Waals surface area contributed by atoms with Crippen molar-refractivity contribution >= 4 is 52.2 Å². The van der Waals surface area contributed by atoms with Crippen molar-refractivity contribution in [3.63, 3.8) is 0 Å². The number of aromatic hydroxyl groups is 1. The molecular weight excluding hydrogens is 490 g/mol. The molecule has 0 bridgehead atoms. The normalized spacial score (nSPS) is 14.3. The Balaban J connectivity index is 1.37. The van der Waals surface area contributed by atoms with Crippen molar-refractivity contribution in [1.82, 2.24) is 0 Å². The van der Waals surface area contributed by atoms with Crippen LogP contribution in [0.4, 0.5) is 17.1 Å². The second-order valence-electron chi connectivity index (χ2n) is 8.24. The number of nitrogens with one attached hydrogen (secondary N) is 2. The predicted octanol–water partition coefficient (Wildman–Crippen LogP) is 5.38. The number of amides is 2. The molecule has 1 aromatic heterocycles. The maximum atomic E-state index is 13.3. The number of fused-ring (bicyclic) bond motifs is 1. The first-order valence-corrected chi connectivity index (χ1v) is 12.2. The predicted molar refractivity (Wildman–Crippen MR) is 143 cm³/mol. The second kappa shape index (κ2) is 10.1. The molecule has 0 radical (unpaired) electrons. The number of anilines is 2. The third-order valence-electron chi connectivity index (χ3n) is 5.85. The number of carbonyl (C=O) groups excluding carboxylic acids is 3. The molecule has 4 aromatic rings. The Morgan fingerprint density at radius 3 is 2.65 bits per heavy atom. The quantitative estimate of drug-likeness (QED) is 0.227. The lowest BCUT2D eigenvalue weighted by molar-refractivity contribution is -0.115. The van der Waals surface area contributed by atoms with E-state index < -0.39 is 5.92 Å². The van der Waals surface area contributed by atoms with Gasteiger partial charge in [0.15, 0.2) is 17.3 Å². The van der Waals surface area contributed by atoms with Crippen molar-refractivity contribution in [3.05, 3.63) is 99.7 Å². The van der Waals surface area contributed by atoms with Gasteiger partial charge in [-0.3, -0.25) is 19.4 Å². The lowest BCUT2D eigenvalue weighted by Crippen LogP contribution is -2.13. The molecule has 3 aromatic carbocycles. The first-order valence-electron chi connectivity index (χ1n) is 11.3. The number of carbonyl (C=O) groups is 3. The third-order valence-corrected chi connectivity index (χ3v) is 6.72. The highest BCUT2D eigenvalue weighted by molar-refractivity contribution is 7.12. The van der Waals surface area contributed by atoms with Crippen LogP contribution in [0, 0.1) is 0 Å². The number of ether oxygens (including phenoxy) is 1. The number of hydrogen-bond donors (Lipinski definition) is 3. The molecule has 2 amide bonds. The van der Waals surface area contributed by atoms with Gasteiger partial charge in [-0.25, -0.2) is 0 Å². The average Bonchev–Trinajstić information content (AvgIpc) is 3.55. The Morgan fingerprint density at radius 1 is 1.05 bits per heavy atom. The fraction of sp³-hybridized carbons (Fsp3) is 0.0714. The van der Waals surface area contributed by atoms with Gasteiger partial charge in [-0.05, 0) is 59.5 Å². The number of aliphatic imine (C=N–C) groups is 1. The molecule has 1 unspecified atom stereocenters. The summed E-state index contributed by atoms with van der Waals surface area (Å²) in [6, 6.07) is 19.9. The molecule has 1 atom stereocenters. The molecule has 8 nitrogen and oxygen atoms in total. The van der Waals surface area contributed by atoms with E-state index in [1.54, 1.807) is 66.7 Å². The minimum atomic E-state index is -0.705. The standard InChI is InChI=1S/C28H21N3O5S/c1-36-24-10-8-18(14-23(24)32)29-15-21-20-13-17(7-9-22(20)31-27(21)34)26(33)16-4-2-5-19(12-16)30-28(35)25-6-3-11-37-25/h2-15,21,32H,1H3,(H,30,35)(H,31,34). The van der Waals surface area contributed by atoms with Gasteiger partial charge in [0.1, 0.15) is 5.92 Å². The van der Waals surface area contributed by atoms with Crippen LogP contribution in [-0.2, 0) is 4.79 Å². The number of methoxy groups -OCH3 is 1. The largest absolute Gasteiger partial charge is 0.504 e.